The monoisotopic (exact) mass is 528 g/mol. The maximum Gasteiger partial charge on any atom is 0.188 e. The number of furan rings is 2. The lowest BCUT2D eigenvalue weighted by Crippen LogP contribution is -2.74. The van der Waals surface area contributed by atoms with E-state index in [1.165, 1.54) is 51.7 Å². The van der Waals surface area contributed by atoms with Gasteiger partial charge in [-0.15, -0.1) is 0 Å². The predicted molar refractivity (Wildman–Crippen MR) is 160 cm³/mol. The van der Waals surface area contributed by atoms with E-state index in [1.807, 2.05) is 0 Å². The summed E-state index contributed by atoms with van der Waals surface area (Å²) in [6, 6.07) is 40.5. The van der Waals surface area contributed by atoms with Gasteiger partial charge in [-0.3, -0.25) is 0 Å². The van der Waals surface area contributed by atoms with Crippen molar-refractivity contribution in [1.82, 2.24) is 0 Å². The molecule has 0 aliphatic heterocycles. The Labute approximate surface area is 222 Å². The van der Waals surface area contributed by atoms with Crippen molar-refractivity contribution < 1.29 is 8.83 Å². The minimum absolute atomic E-state index is 0.987. The van der Waals surface area contributed by atoms with E-state index in [0.717, 1.165) is 9.79 Å². The van der Waals surface area contributed by atoms with E-state index in [9.17, 15) is 0 Å². The molecule has 0 aliphatic rings. The fraction of sp³-hybridized carbons (Fsp3) is 0. The average molecular weight is 529 g/mol. The van der Waals surface area contributed by atoms with Crippen LogP contribution in [0, 0.1) is 0 Å². The minimum atomic E-state index is -2.67. The molecule has 0 atom stereocenters. The summed E-state index contributed by atoms with van der Waals surface area (Å²) >= 11 is 3.44. The highest BCUT2D eigenvalue weighted by Crippen LogP contribution is 2.36. The van der Waals surface area contributed by atoms with E-state index in [-0.39, 0.29) is 0 Å². The van der Waals surface area contributed by atoms with Crippen LogP contribution >= 0.6 is 22.7 Å². The number of rotatable bonds is 4. The quantitative estimate of drug-likeness (QED) is 0.182. The molecule has 0 saturated carbocycles. The Bertz CT molecular complexity index is 1890. The van der Waals surface area contributed by atoms with Gasteiger partial charge in [-0.1, -0.05) is 108 Å². The van der Waals surface area contributed by atoms with Gasteiger partial charge in [0.05, 0.1) is 12.5 Å². The Morgan fingerprint density at radius 2 is 0.892 bits per heavy atom. The molecule has 0 fully saturated rings. The highest BCUT2D eigenvalue weighted by atomic mass is 32.1. The maximum absolute atomic E-state index is 5.78. The fourth-order valence-corrected chi connectivity index (χ4v) is 12.6. The van der Waals surface area contributed by atoms with Crippen LogP contribution in [0.4, 0.5) is 0 Å². The number of hydrogen-bond donors (Lipinski definition) is 0. The first-order chi connectivity index (χ1) is 18.3. The van der Waals surface area contributed by atoms with Crippen LogP contribution in [0.1, 0.15) is 0 Å². The summed E-state index contributed by atoms with van der Waals surface area (Å²) in [5.41, 5.74) is 0. The first-order valence-electron chi connectivity index (χ1n) is 12.2. The normalized spacial score (nSPS) is 12.3. The first-order valence-corrected chi connectivity index (χ1v) is 15.9. The van der Waals surface area contributed by atoms with Crippen molar-refractivity contribution in [2.24, 2.45) is 0 Å². The number of benzene rings is 4. The van der Waals surface area contributed by atoms with Gasteiger partial charge in [0.15, 0.2) is 17.9 Å². The van der Waals surface area contributed by atoms with Gasteiger partial charge in [0.1, 0.15) is 0 Å². The summed E-state index contributed by atoms with van der Waals surface area (Å²) in [4.78, 5) is 1.97. The molecule has 0 saturated heterocycles. The van der Waals surface area contributed by atoms with E-state index in [1.54, 1.807) is 35.2 Å². The van der Waals surface area contributed by atoms with Crippen LogP contribution in [0.5, 0.6) is 0 Å². The van der Waals surface area contributed by atoms with Gasteiger partial charge in [0.2, 0.25) is 0 Å². The fourth-order valence-electron chi connectivity index (χ4n) is 5.85. The molecule has 4 aromatic heterocycles. The van der Waals surface area contributed by atoms with Gasteiger partial charge in [-0.25, -0.2) is 0 Å². The van der Waals surface area contributed by atoms with Gasteiger partial charge < -0.3 is 8.83 Å². The first kappa shape index (κ1) is 21.2. The zero-order valence-corrected chi connectivity index (χ0v) is 22.3. The van der Waals surface area contributed by atoms with Crippen LogP contribution < -0.4 is 20.7 Å². The van der Waals surface area contributed by atoms with Crippen LogP contribution in [0.3, 0.4) is 0 Å². The van der Waals surface area contributed by atoms with Crippen molar-refractivity contribution in [3.8, 4) is 0 Å². The van der Waals surface area contributed by atoms with Crippen molar-refractivity contribution in [3.05, 3.63) is 122 Å². The second kappa shape index (κ2) is 8.05. The highest BCUT2D eigenvalue weighted by molar-refractivity contribution is 7.26. The van der Waals surface area contributed by atoms with E-state index >= 15 is 0 Å². The van der Waals surface area contributed by atoms with E-state index in [4.69, 9.17) is 8.83 Å². The molecule has 0 N–H and O–H groups in total. The molecule has 2 nitrogen and oxygen atoms in total. The number of thiophene rings is 2. The van der Waals surface area contributed by atoms with E-state index in [2.05, 4.69) is 109 Å². The molecule has 8 rings (SSSR count). The lowest BCUT2D eigenvalue weighted by molar-refractivity contribution is 0.623. The van der Waals surface area contributed by atoms with Crippen molar-refractivity contribution >= 4 is 92.2 Å². The SMILES string of the molecule is c1ccc([Si](c2ccccc2)(c2ccc3sc4occc4c3c2)c2ccc3sc4occc4c3c2)cc1. The molecular weight excluding hydrogens is 509 g/mol. The smallest absolute Gasteiger partial charge is 0.188 e. The Kier molecular flexibility index (Phi) is 4.61. The maximum atomic E-state index is 5.78. The molecule has 176 valence electrons. The summed E-state index contributed by atoms with van der Waals surface area (Å²) in [5.74, 6) is 0. The topological polar surface area (TPSA) is 26.3 Å². The summed E-state index contributed by atoms with van der Waals surface area (Å²) in [6.45, 7) is 0. The molecule has 5 heteroatoms. The highest BCUT2D eigenvalue weighted by Gasteiger charge is 2.42. The van der Waals surface area contributed by atoms with Crippen molar-refractivity contribution in [3.63, 3.8) is 0 Å². The molecule has 4 heterocycles. The third-order valence-corrected chi connectivity index (χ3v) is 14.4. The van der Waals surface area contributed by atoms with Gasteiger partial charge in [-0.05, 0) is 45.0 Å². The zero-order chi connectivity index (χ0) is 24.4. The third kappa shape index (κ3) is 3.02. The van der Waals surface area contributed by atoms with Crippen LogP contribution in [0.2, 0.25) is 0 Å². The third-order valence-electron chi connectivity index (χ3n) is 7.48. The molecule has 0 spiro atoms. The number of hydrogen-bond acceptors (Lipinski definition) is 4. The van der Waals surface area contributed by atoms with Gasteiger partial charge >= 0.3 is 0 Å². The molecule has 0 aliphatic carbocycles. The molecule has 4 aromatic carbocycles. The van der Waals surface area contributed by atoms with E-state index in [0.29, 0.717) is 0 Å². The molecule has 0 amide bonds. The van der Waals surface area contributed by atoms with Crippen LogP contribution in [0.15, 0.2) is 131 Å². The summed E-state index contributed by atoms with van der Waals surface area (Å²) < 4.78 is 14.1. The van der Waals surface area contributed by atoms with Crippen molar-refractivity contribution in [1.29, 1.82) is 0 Å². The molecule has 0 bridgehead atoms. The summed E-state index contributed by atoms with van der Waals surface area (Å²) in [7, 11) is -2.67. The zero-order valence-electron chi connectivity index (χ0n) is 19.7. The Hall–Kier alpha value is -3.90. The molecule has 0 unspecified atom stereocenters. The predicted octanol–water partition coefficient (Wildman–Crippen LogP) is 6.99. The Morgan fingerprint density at radius 3 is 1.35 bits per heavy atom. The van der Waals surface area contributed by atoms with Crippen LogP contribution in [-0.4, -0.2) is 8.07 Å². The lowest BCUT2D eigenvalue weighted by atomic mass is 10.2. The molecule has 37 heavy (non-hydrogen) atoms. The second-order valence-corrected chi connectivity index (χ2v) is 15.2. The van der Waals surface area contributed by atoms with Crippen molar-refractivity contribution in [2.75, 3.05) is 0 Å². The lowest BCUT2D eigenvalue weighted by Gasteiger charge is -2.34. The van der Waals surface area contributed by atoms with Crippen LogP contribution in [0.25, 0.3) is 40.7 Å². The average Bonchev–Trinajstić information content (AvgIpc) is 3.72. The summed E-state index contributed by atoms with van der Waals surface area (Å²) in [5, 5.41) is 10.4. The Morgan fingerprint density at radius 1 is 0.432 bits per heavy atom. The standard InChI is InChI=1S/C32H20O2S2Si/c1-3-7-21(8-4-1)37(22-9-5-2-6-10-22,23-11-13-29-27(19-23)25-15-17-33-31(25)35-29)24-12-14-30-28(20-24)26-16-18-34-32(26)36-30/h1-20H. The summed E-state index contributed by atoms with van der Waals surface area (Å²) in [6.07, 6.45) is 3.60. The number of fused-ring (bicyclic) bond motifs is 6. The van der Waals surface area contributed by atoms with Crippen molar-refractivity contribution in [2.45, 2.75) is 0 Å². The second-order valence-electron chi connectivity index (χ2n) is 9.35. The molecular formula is C32H20O2S2Si. The molecule has 0 radical (unpaired) electrons. The van der Waals surface area contributed by atoms with E-state index < -0.39 is 8.07 Å². The van der Waals surface area contributed by atoms with Gasteiger partial charge in [0, 0.05) is 30.9 Å². The van der Waals surface area contributed by atoms with Gasteiger partial charge in [-0.2, -0.15) is 0 Å². The Balaban J connectivity index is 1.53. The minimum Gasteiger partial charge on any atom is -0.454 e. The largest absolute Gasteiger partial charge is 0.454 e. The van der Waals surface area contributed by atoms with Gasteiger partial charge in [0.25, 0.3) is 0 Å². The van der Waals surface area contributed by atoms with Crippen LogP contribution in [-0.2, 0) is 0 Å². The molecule has 8 aromatic rings.